The van der Waals surface area contributed by atoms with Crippen LogP contribution in [0.25, 0.3) is 0 Å². The van der Waals surface area contributed by atoms with Crippen LogP contribution in [-0.4, -0.2) is 37.8 Å². The first kappa shape index (κ1) is 17.4. The topological polar surface area (TPSA) is 96.9 Å². The van der Waals surface area contributed by atoms with E-state index in [0.717, 1.165) is 18.9 Å². The minimum atomic E-state index is -3.70. The molecule has 9 heteroatoms. The van der Waals surface area contributed by atoms with E-state index in [1.165, 1.54) is 22.7 Å². The van der Waals surface area contributed by atoms with Crippen LogP contribution >= 0.6 is 0 Å². The van der Waals surface area contributed by atoms with Crippen LogP contribution in [0.1, 0.15) is 18.6 Å². The molecule has 3 rings (SSSR count). The van der Waals surface area contributed by atoms with E-state index in [4.69, 9.17) is 4.42 Å². The van der Waals surface area contributed by atoms with Gasteiger partial charge in [-0.25, -0.2) is 8.42 Å². The van der Waals surface area contributed by atoms with Crippen LogP contribution in [0.2, 0.25) is 0 Å². The molecule has 0 atom stereocenters. The summed E-state index contributed by atoms with van der Waals surface area (Å²) in [5.74, 6) is 0.658. The summed E-state index contributed by atoms with van der Waals surface area (Å²) in [4.78, 5) is 12.5. The van der Waals surface area contributed by atoms with E-state index >= 15 is 0 Å². The van der Waals surface area contributed by atoms with Gasteiger partial charge in [0.25, 0.3) is 5.69 Å². The van der Waals surface area contributed by atoms with E-state index in [9.17, 15) is 18.5 Å². The minimum absolute atomic E-state index is 0.0451. The van der Waals surface area contributed by atoms with Crippen molar-refractivity contribution in [3.05, 3.63) is 52.5 Å². The molecule has 0 radical (unpaired) electrons. The van der Waals surface area contributed by atoms with Crippen molar-refractivity contribution in [2.45, 2.75) is 24.3 Å². The number of furan rings is 1. The average molecular weight is 365 g/mol. The molecule has 0 amide bonds. The zero-order chi connectivity index (χ0) is 18.0. The van der Waals surface area contributed by atoms with Gasteiger partial charge < -0.3 is 9.32 Å². The van der Waals surface area contributed by atoms with Gasteiger partial charge in [0.1, 0.15) is 11.4 Å². The van der Waals surface area contributed by atoms with E-state index in [2.05, 4.69) is 0 Å². The van der Waals surface area contributed by atoms with E-state index in [-0.39, 0.29) is 10.6 Å². The molecule has 25 heavy (non-hydrogen) atoms. The second-order valence-electron chi connectivity index (χ2n) is 5.95. The van der Waals surface area contributed by atoms with Crippen LogP contribution in [0.4, 0.5) is 11.4 Å². The highest BCUT2D eigenvalue weighted by molar-refractivity contribution is 7.89. The van der Waals surface area contributed by atoms with Crippen LogP contribution < -0.4 is 4.90 Å². The summed E-state index contributed by atoms with van der Waals surface area (Å²) in [7, 11) is -2.00. The molecule has 0 aliphatic carbocycles. The Morgan fingerprint density at radius 3 is 2.60 bits per heavy atom. The van der Waals surface area contributed by atoms with Gasteiger partial charge in [0, 0.05) is 26.2 Å². The largest absolute Gasteiger partial charge is 0.467 e. The van der Waals surface area contributed by atoms with E-state index in [1.54, 1.807) is 24.1 Å². The van der Waals surface area contributed by atoms with Gasteiger partial charge in [-0.1, -0.05) is 0 Å². The molecule has 1 fully saturated rings. The van der Waals surface area contributed by atoms with Gasteiger partial charge >= 0.3 is 0 Å². The summed E-state index contributed by atoms with van der Waals surface area (Å²) < 4.78 is 31.9. The summed E-state index contributed by atoms with van der Waals surface area (Å²) in [6.45, 7) is 1.25. The maximum atomic E-state index is 12.6. The summed E-state index contributed by atoms with van der Waals surface area (Å²) in [5, 5.41) is 11.5. The maximum Gasteiger partial charge on any atom is 0.293 e. The number of hydrogen-bond acceptors (Lipinski definition) is 6. The molecule has 1 aliphatic heterocycles. The number of sulfonamides is 1. The third-order valence-corrected chi connectivity index (χ3v) is 6.13. The Hall–Kier alpha value is -2.39. The third kappa shape index (κ3) is 3.52. The Balaban J connectivity index is 1.94. The first-order chi connectivity index (χ1) is 11.9. The number of hydrogen-bond donors (Lipinski definition) is 0. The summed E-state index contributed by atoms with van der Waals surface area (Å²) in [6, 6.07) is 7.55. The lowest BCUT2D eigenvalue weighted by molar-refractivity contribution is -0.384. The fourth-order valence-corrected chi connectivity index (χ4v) is 4.47. The zero-order valence-electron chi connectivity index (χ0n) is 13.8. The molecule has 1 aromatic carbocycles. The van der Waals surface area contributed by atoms with Crippen LogP contribution in [0, 0.1) is 10.1 Å². The number of rotatable bonds is 6. The van der Waals surface area contributed by atoms with Crippen LogP contribution in [0.3, 0.4) is 0 Å². The fourth-order valence-electron chi connectivity index (χ4n) is 2.93. The molecule has 8 nitrogen and oxygen atoms in total. The monoisotopic (exact) mass is 365 g/mol. The van der Waals surface area contributed by atoms with Gasteiger partial charge in [0.05, 0.1) is 22.6 Å². The summed E-state index contributed by atoms with van der Waals surface area (Å²) >= 11 is 0. The highest BCUT2D eigenvalue weighted by atomic mass is 32.2. The van der Waals surface area contributed by atoms with Crippen LogP contribution in [-0.2, 0) is 16.6 Å². The second kappa shape index (κ2) is 6.85. The van der Waals surface area contributed by atoms with Gasteiger partial charge in [-0.05, 0) is 37.1 Å². The average Bonchev–Trinajstić information content (AvgIpc) is 3.28. The van der Waals surface area contributed by atoms with Crippen molar-refractivity contribution in [2.75, 3.05) is 25.0 Å². The lowest BCUT2D eigenvalue weighted by Crippen LogP contribution is -2.28. The van der Waals surface area contributed by atoms with E-state index in [1.807, 2.05) is 0 Å². The molecule has 0 saturated carbocycles. The first-order valence-electron chi connectivity index (χ1n) is 7.92. The van der Waals surface area contributed by atoms with Crippen molar-refractivity contribution < 1.29 is 17.8 Å². The van der Waals surface area contributed by atoms with Gasteiger partial charge in [0.2, 0.25) is 10.0 Å². The smallest absolute Gasteiger partial charge is 0.293 e. The zero-order valence-corrected chi connectivity index (χ0v) is 14.6. The Labute approximate surface area is 145 Å². The Morgan fingerprint density at radius 2 is 2.00 bits per heavy atom. The molecular formula is C16H19N3O5S. The Kier molecular flexibility index (Phi) is 4.78. The predicted octanol–water partition coefficient (Wildman–Crippen LogP) is 2.61. The number of nitrogens with zero attached hydrogens (tertiary/aromatic N) is 3. The molecule has 2 heterocycles. The first-order valence-corrected chi connectivity index (χ1v) is 9.36. The van der Waals surface area contributed by atoms with Gasteiger partial charge in [-0.2, -0.15) is 4.31 Å². The van der Waals surface area contributed by atoms with Crippen molar-refractivity contribution in [1.29, 1.82) is 0 Å². The molecule has 1 saturated heterocycles. The highest BCUT2D eigenvalue weighted by Gasteiger charge is 2.30. The van der Waals surface area contributed by atoms with Crippen molar-refractivity contribution in [3.8, 4) is 0 Å². The fraction of sp³-hybridized carbons (Fsp3) is 0.375. The Morgan fingerprint density at radius 1 is 1.28 bits per heavy atom. The molecule has 1 aromatic heterocycles. The number of nitro groups is 1. The molecule has 1 aliphatic rings. The molecule has 0 bridgehead atoms. The normalized spacial score (nSPS) is 15.4. The molecule has 134 valence electrons. The minimum Gasteiger partial charge on any atom is -0.467 e. The Bertz CT molecular complexity index is 858. The molecular weight excluding hydrogens is 346 g/mol. The second-order valence-corrected chi connectivity index (χ2v) is 7.89. The highest BCUT2D eigenvalue weighted by Crippen LogP contribution is 2.32. The summed E-state index contributed by atoms with van der Waals surface area (Å²) in [6.07, 6.45) is 3.15. The SMILES string of the molecule is CN(Cc1ccco1)c1ccc(S(=O)(=O)N2CCCC2)cc1[N+](=O)[O-]. The lowest BCUT2D eigenvalue weighted by Gasteiger charge is -2.20. The molecule has 0 N–H and O–H groups in total. The van der Waals surface area contributed by atoms with Crippen LogP contribution in [0.5, 0.6) is 0 Å². The van der Waals surface area contributed by atoms with Crippen molar-refractivity contribution in [3.63, 3.8) is 0 Å². The number of benzene rings is 1. The summed E-state index contributed by atoms with van der Waals surface area (Å²) in [5.41, 5.74) is 0.0936. The number of nitro benzene ring substituents is 1. The van der Waals surface area contributed by atoms with Crippen molar-refractivity contribution in [2.24, 2.45) is 0 Å². The van der Waals surface area contributed by atoms with E-state index < -0.39 is 14.9 Å². The number of anilines is 1. The standard InChI is InChI=1S/C16H19N3O5S/c1-17(12-13-5-4-10-24-13)15-7-6-14(11-16(15)19(20)21)25(22,23)18-8-2-3-9-18/h4-7,10-11H,2-3,8-9,12H2,1H3. The predicted molar refractivity (Wildman–Crippen MR) is 91.9 cm³/mol. The molecule has 0 unspecified atom stereocenters. The lowest BCUT2D eigenvalue weighted by atomic mass is 10.2. The molecule has 2 aromatic rings. The van der Waals surface area contributed by atoms with Gasteiger partial charge in [0.15, 0.2) is 0 Å². The van der Waals surface area contributed by atoms with Crippen molar-refractivity contribution >= 4 is 21.4 Å². The quantitative estimate of drug-likeness (QED) is 0.577. The van der Waals surface area contributed by atoms with Gasteiger partial charge in [-0.15, -0.1) is 0 Å². The third-order valence-electron chi connectivity index (χ3n) is 4.23. The van der Waals surface area contributed by atoms with Gasteiger partial charge in [-0.3, -0.25) is 10.1 Å². The molecule has 0 spiro atoms. The van der Waals surface area contributed by atoms with Crippen LogP contribution in [0.15, 0.2) is 45.9 Å². The van der Waals surface area contributed by atoms with E-state index in [0.29, 0.717) is 31.1 Å². The maximum absolute atomic E-state index is 12.6. The van der Waals surface area contributed by atoms with Crippen molar-refractivity contribution in [1.82, 2.24) is 4.31 Å².